The number of hydrogen-bond donors (Lipinski definition) is 1. The third-order valence-electron chi connectivity index (χ3n) is 6.22. The average Bonchev–Trinajstić information content (AvgIpc) is 2.85. The molecule has 0 saturated carbocycles. The average molecular weight is 436 g/mol. The number of rotatable bonds is 4. The monoisotopic (exact) mass is 435 g/mol. The Bertz CT molecular complexity index is 1330. The molecular formula is C28H25N3O2. The molecule has 4 aromatic rings. The molecule has 3 aromatic carbocycles. The zero-order valence-electron chi connectivity index (χ0n) is 18.9. The van der Waals surface area contributed by atoms with E-state index in [2.05, 4.69) is 71.5 Å². The summed E-state index contributed by atoms with van der Waals surface area (Å²) in [7, 11) is 1.39. The number of para-hydroxylation sites is 2. The minimum Gasteiger partial charge on any atom is -0.465 e. The van der Waals surface area contributed by atoms with Gasteiger partial charge in [-0.15, -0.1) is 0 Å². The fraction of sp³-hybridized carbons (Fsp3) is 0.143. The van der Waals surface area contributed by atoms with E-state index in [0.29, 0.717) is 11.3 Å². The number of carbonyl (C=O) groups excluding carboxylic acids is 1. The Morgan fingerprint density at radius 1 is 0.879 bits per heavy atom. The van der Waals surface area contributed by atoms with Gasteiger partial charge >= 0.3 is 5.97 Å². The highest BCUT2D eigenvalue weighted by molar-refractivity contribution is 5.96. The molecule has 5 rings (SSSR count). The highest BCUT2D eigenvalue weighted by Crippen LogP contribution is 2.52. The summed E-state index contributed by atoms with van der Waals surface area (Å²) < 4.78 is 4.95. The van der Waals surface area contributed by atoms with Gasteiger partial charge in [-0.3, -0.25) is 4.90 Å². The quantitative estimate of drug-likeness (QED) is 0.361. The first-order chi connectivity index (χ1) is 16.0. The number of pyridine rings is 1. The Balaban J connectivity index is 1.66. The van der Waals surface area contributed by atoms with Gasteiger partial charge in [0.2, 0.25) is 0 Å². The lowest BCUT2D eigenvalue weighted by Crippen LogP contribution is -2.31. The Morgan fingerprint density at radius 2 is 1.61 bits per heavy atom. The Kier molecular flexibility index (Phi) is 5.09. The molecule has 0 fully saturated rings. The standard InChI is InChI=1S/C28H25N3O2/c1-28(2)21-11-5-7-13-24(21)31(26-14-8-9-17-29-26)25-18-19(15-16-22(25)28)30-23-12-6-4-10-20(23)27(32)33-3/h4-18,30H,1-3H3. The van der Waals surface area contributed by atoms with E-state index in [0.717, 1.165) is 22.9 Å². The van der Waals surface area contributed by atoms with Gasteiger partial charge in [-0.2, -0.15) is 0 Å². The van der Waals surface area contributed by atoms with Crippen LogP contribution in [-0.4, -0.2) is 18.1 Å². The third kappa shape index (κ3) is 3.52. The molecule has 1 aliphatic rings. The predicted molar refractivity (Wildman–Crippen MR) is 132 cm³/mol. The molecule has 0 radical (unpaired) electrons. The Hall–Kier alpha value is -4.12. The van der Waals surface area contributed by atoms with Crippen LogP contribution < -0.4 is 10.2 Å². The molecule has 2 heterocycles. The van der Waals surface area contributed by atoms with Gasteiger partial charge < -0.3 is 10.1 Å². The van der Waals surface area contributed by atoms with Crippen LogP contribution >= 0.6 is 0 Å². The van der Waals surface area contributed by atoms with Crippen LogP contribution in [-0.2, 0) is 10.2 Å². The van der Waals surface area contributed by atoms with Crippen molar-refractivity contribution in [2.45, 2.75) is 19.3 Å². The lowest BCUT2D eigenvalue weighted by molar-refractivity contribution is 0.0602. The van der Waals surface area contributed by atoms with Gasteiger partial charge in [0.15, 0.2) is 0 Å². The van der Waals surface area contributed by atoms with Gasteiger partial charge in [0, 0.05) is 17.3 Å². The van der Waals surface area contributed by atoms with Crippen molar-refractivity contribution in [2.75, 3.05) is 17.3 Å². The number of benzene rings is 3. The van der Waals surface area contributed by atoms with Gasteiger partial charge in [0.25, 0.3) is 0 Å². The van der Waals surface area contributed by atoms with Gasteiger partial charge in [0.1, 0.15) is 5.82 Å². The molecule has 1 aromatic heterocycles. The molecule has 33 heavy (non-hydrogen) atoms. The van der Waals surface area contributed by atoms with E-state index in [1.807, 2.05) is 42.6 Å². The number of methoxy groups -OCH3 is 1. The second-order valence-corrected chi connectivity index (χ2v) is 8.56. The van der Waals surface area contributed by atoms with Crippen LogP contribution in [0.25, 0.3) is 0 Å². The van der Waals surface area contributed by atoms with Crippen LogP contribution in [0.5, 0.6) is 0 Å². The fourth-order valence-electron chi connectivity index (χ4n) is 4.56. The van der Waals surface area contributed by atoms with E-state index in [1.165, 1.54) is 18.2 Å². The van der Waals surface area contributed by atoms with Crippen LogP contribution in [0.4, 0.5) is 28.6 Å². The second kappa shape index (κ2) is 8.10. The van der Waals surface area contributed by atoms with E-state index in [4.69, 9.17) is 4.74 Å². The molecule has 0 amide bonds. The van der Waals surface area contributed by atoms with Crippen molar-refractivity contribution in [2.24, 2.45) is 0 Å². The first kappa shape index (κ1) is 20.8. The van der Waals surface area contributed by atoms with Crippen LogP contribution in [0.15, 0.2) is 91.1 Å². The summed E-state index contributed by atoms with van der Waals surface area (Å²) in [5, 5.41) is 3.41. The molecular weight excluding hydrogens is 410 g/mol. The molecule has 0 saturated heterocycles. The number of aromatic nitrogens is 1. The highest BCUT2D eigenvalue weighted by atomic mass is 16.5. The van der Waals surface area contributed by atoms with Crippen molar-refractivity contribution in [3.05, 3.63) is 108 Å². The van der Waals surface area contributed by atoms with Crippen molar-refractivity contribution >= 4 is 34.5 Å². The zero-order valence-corrected chi connectivity index (χ0v) is 18.9. The lowest BCUT2D eigenvalue weighted by atomic mass is 9.73. The van der Waals surface area contributed by atoms with Crippen molar-refractivity contribution in [3.8, 4) is 0 Å². The zero-order chi connectivity index (χ0) is 23.0. The molecule has 0 bridgehead atoms. The van der Waals surface area contributed by atoms with Crippen LogP contribution in [0.2, 0.25) is 0 Å². The summed E-state index contributed by atoms with van der Waals surface area (Å²) in [5.41, 5.74) is 6.51. The van der Waals surface area contributed by atoms with E-state index in [9.17, 15) is 4.79 Å². The van der Waals surface area contributed by atoms with E-state index >= 15 is 0 Å². The molecule has 0 unspecified atom stereocenters. The molecule has 0 spiro atoms. The van der Waals surface area contributed by atoms with E-state index < -0.39 is 0 Å². The van der Waals surface area contributed by atoms with Gasteiger partial charge in [-0.25, -0.2) is 9.78 Å². The maximum atomic E-state index is 12.2. The molecule has 1 N–H and O–H groups in total. The molecule has 0 aliphatic carbocycles. The van der Waals surface area contributed by atoms with Crippen molar-refractivity contribution in [1.82, 2.24) is 4.98 Å². The third-order valence-corrected chi connectivity index (χ3v) is 6.22. The first-order valence-corrected chi connectivity index (χ1v) is 10.9. The molecule has 5 nitrogen and oxygen atoms in total. The Morgan fingerprint density at radius 3 is 2.39 bits per heavy atom. The van der Waals surface area contributed by atoms with Crippen molar-refractivity contribution in [1.29, 1.82) is 0 Å². The Labute approximate surface area is 193 Å². The van der Waals surface area contributed by atoms with Crippen LogP contribution in [0.3, 0.4) is 0 Å². The van der Waals surface area contributed by atoms with Gasteiger partial charge in [0.05, 0.1) is 29.7 Å². The number of esters is 1. The van der Waals surface area contributed by atoms with E-state index in [-0.39, 0.29) is 11.4 Å². The van der Waals surface area contributed by atoms with Crippen molar-refractivity contribution < 1.29 is 9.53 Å². The minimum absolute atomic E-state index is 0.181. The SMILES string of the molecule is COC(=O)c1ccccc1Nc1ccc2c(c1)N(c1ccccn1)c1ccccc1C2(C)C. The number of hydrogen-bond acceptors (Lipinski definition) is 5. The van der Waals surface area contributed by atoms with Crippen molar-refractivity contribution in [3.63, 3.8) is 0 Å². The van der Waals surface area contributed by atoms with Gasteiger partial charge in [-0.1, -0.05) is 56.3 Å². The summed E-state index contributed by atoms with van der Waals surface area (Å²) in [4.78, 5) is 19.1. The second-order valence-electron chi connectivity index (χ2n) is 8.56. The number of ether oxygens (including phenoxy) is 1. The minimum atomic E-state index is -0.374. The number of nitrogens with zero attached hydrogens (tertiary/aromatic N) is 2. The molecule has 0 atom stereocenters. The normalized spacial score (nSPS) is 13.6. The maximum absolute atomic E-state index is 12.2. The van der Waals surface area contributed by atoms with Crippen LogP contribution in [0.1, 0.15) is 35.3 Å². The van der Waals surface area contributed by atoms with Crippen LogP contribution in [0, 0.1) is 0 Å². The number of fused-ring (bicyclic) bond motifs is 2. The number of nitrogens with one attached hydrogen (secondary N) is 1. The summed E-state index contributed by atoms with van der Waals surface area (Å²) in [5.74, 6) is 0.482. The number of anilines is 5. The summed E-state index contributed by atoms with van der Waals surface area (Å²) >= 11 is 0. The topological polar surface area (TPSA) is 54.5 Å². The number of carbonyl (C=O) groups is 1. The molecule has 164 valence electrons. The smallest absolute Gasteiger partial charge is 0.339 e. The largest absolute Gasteiger partial charge is 0.465 e. The molecule has 5 heteroatoms. The first-order valence-electron chi connectivity index (χ1n) is 10.9. The van der Waals surface area contributed by atoms with Gasteiger partial charge in [-0.05, 0) is 53.6 Å². The predicted octanol–water partition coefficient (Wildman–Crippen LogP) is 6.72. The summed E-state index contributed by atoms with van der Waals surface area (Å²) in [6.45, 7) is 4.50. The van der Waals surface area contributed by atoms with E-state index in [1.54, 1.807) is 6.07 Å². The molecule has 1 aliphatic heterocycles. The highest BCUT2D eigenvalue weighted by Gasteiger charge is 2.37. The summed E-state index contributed by atoms with van der Waals surface area (Å²) in [6.07, 6.45) is 1.81. The maximum Gasteiger partial charge on any atom is 0.339 e. The summed E-state index contributed by atoms with van der Waals surface area (Å²) in [6, 6.07) is 28.1. The fourth-order valence-corrected chi connectivity index (χ4v) is 4.56. The lowest BCUT2D eigenvalue weighted by Gasteiger charge is -2.41.